The molecule has 0 radical (unpaired) electrons. The predicted octanol–water partition coefficient (Wildman–Crippen LogP) is 9.88. The van der Waals surface area contributed by atoms with Crippen molar-refractivity contribution >= 4 is 17.9 Å². The molecule has 0 saturated heterocycles. The molecule has 1 fully saturated rings. The Morgan fingerprint density at radius 3 is 2.00 bits per heavy atom. The molecule has 1 heterocycles. The van der Waals surface area contributed by atoms with Gasteiger partial charge >= 0.3 is 0 Å². The second kappa shape index (κ2) is 27.5. The summed E-state index contributed by atoms with van der Waals surface area (Å²) in [7, 11) is 0. The molecule has 3 rings (SSSR count). The van der Waals surface area contributed by atoms with Gasteiger partial charge in [-0.3, -0.25) is 4.98 Å². The second-order valence-corrected chi connectivity index (χ2v) is 9.19. The van der Waals surface area contributed by atoms with E-state index < -0.39 is 0 Å². The first-order chi connectivity index (χ1) is 16.9. The molecule has 0 atom stereocenters. The van der Waals surface area contributed by atoms with Gasteiger partial charge in [0.25, 0.3) is 0 Å². The van der Waals surface area contributed by atoms with Gasteiger partial charge in [0, 0.05) is 19.5 Å². The Bertz CT molecular complexity index is 871. The summed E-state index contributed by atoms with van der Waals surface area (Å²) in [6, 6.07) is 12.8. The molecule has 1 saturated carbocycles. The quantitative estimate of drug-likeness (QED) is 0.369. The zero-order valence-electron chi connectivity index (χ0n) is 25.0. The summed E-state index contributed by atoms with van der Waals surface area (Å²) in [6.07, 6.45) is 18.3. The van der Waals surface area contributed by atoms with Gasteiger partial charge in [0.15, 0.2) is 0 Å². The number of nitrogens with zero attached hydrogens (tertiary/aromatic N) is 1. The van der Waals surface area contributed by atoms with Gasteiger partial charge in [-0.1, -0.05) is 123 Å². The van der Waals surface area contributed by atoms with E-state index in [4.69, 9.17) is 5.41 Å². The van der Waals surface area contributed by atoms with Crippen LogP contribution in [0.3, 0.4) is 0 Å². The van der Waals surface area contributed by atoms with E-state index in [0.717, 1.165) is 30.0 Å². The summed E-state index contributed by atoms with van der Waals surface area (Å²) in [5.41, 5.74) is 7.29. The minimum Gasteiger partial charge on any atom is -0.412 e. The van der Waals surface area contributed by atoms with Crippen molar-refractivity contribution < 1.29 is 12.4 Å². The molecule has 1 aromatic heterocycles. The summed E-state index contributed by atoms with van der Waals surface area (Å²) in [4.78, 5) is 4.33. The van der Waals surface area contributed by atoms with Crippen LogP contribution in [0.25, 0.3) is 11.6 Å². The monoisotopic (exact) mass is 530 g/mol. The van der Waals surface area contributed by atoms with Crippen LogP contribution >= 0.6 is 0 Å². The largest absolute Gasteiger partial charge is 0.412 e. The lowest BCUT2D eigenvalue weighted by Crippen LogP contribution is -1.99. The molecule has 4 nitrogen and oxygen atoms in total. The van der Waals surface area contributed by atoms with Crippen molar-refractivity contribution in [2.75, 3.05) is 0 Å². The van der Waals surface area contributed by atoms with E-state index >= 15 is 0 Å². The third-order valence-electron chi connectivity index (χ3n) is 6.06. The van der Waals surface area contributed by atoms with Crippen molar-refractivity contribution in [1.29, 1.82) is 5.41 Å². The zero-order valence-corrected chi connectivity index (χ0v) is 25.0. The Morgan fingerprint density at radius 2 is 1.58 bits per heavy atom. The molecule has 2 aromatic rings. The zero-order chi connectivity index (χ0) is 26.5. The Kier molecular flexibility index (Phi) is 30.7. The first kappa shape index (κ1) is 42.5. The fourth-order valence-electron chi connectivity index (χ4n) is 3.73. The molecular formula is C34H62N2O2. The van der Waals surface area contributed by atoms with Gasteiger partial charge in [-0.15, -0.1) is 0 Å². The number of hydrogen-bond donors (Lipinski definition) is 1. The van der Waals surface area contributed by atoms with Gasteiger partial charge < -0.3 is 16.4 Å². The molecule has 220 valence electrons. The third kappa shape index (κ3) is 19.5. The number of hydrogen-bond acceptors (Lipinski definition) is 2. The summed E-state index contributed by atoms with van der Waals surface area (Å²) in [6.45, 7) is 16.8. The van der Waals surface area contributed by atoms with Crippen LogP contribution in [-0.2, 0) is 0 Å². The molecule has 0 spiro atoms. The smallest absolute Gasteiger partial charge is 0.0444 e. The Morgan fingerprint density at radius 1 is 1.00 bits per heavy atom. The number of rotatable bonds is 6. The number of benzene rings is 1. The summed E-state index contributed by atoms with van der Waals surface area (Å²) in [5.74, 6) is 1.04. The summed E-state index contributed by atoms with van der Waals surface area (Å²) >= 11 is 0. The third-order valence-corrected chi connectivity index (χ3v) is 6.06. The predicted molar refractivity (Wildman–Crippen MR) is 175 cm³/mol. The van der Waals surface area contributed by atoms with Gasteiger partial charge in [-0.05, 0) is 73.9 Å². The van der Waals surface area contributed by atoms with Crippen LogP contribution in [0.5, 0.6) is 0 Å². The second-order valence-electron chi connectivity index (χ2n) is 9.19. The van der Waals surface area contributed by atoms with Crippen molar-refractivity contribution in [1.82, 2.24) is 4.98 Å². The van der Waals surface area contributed by atoms with Crippen LogP contribution in [0.2, 0.25) is 0 Å². The van der Waals surface area contributed by atoms with Crippen molar-refractivity contribution in [3.63, 3.8) is 0 Å². The van der Waals surface area contributed by atoms with Gasteiger partial charge in [0.2, 0.25) is 0 Å². The van der Waals surface area contributed by atoms with Crippen LogP contribution < -0.4 is 0 Å². The Labute approximate surface area is 237 Å². The summed E-state index contributed by atoms with van der Waals surface area (Å²) in [5, 5.41) is 6.79. The van der Waals surface area contributed by atoms with E-state index in [0.29, 0.717) is 0 Å². The molecule has 0 bridgehead atoms. The minimum atomic E-state index is 0. The van der Waals surface area contributed by atoms with E-state index in [1.54, 1.807) is 0 Å². The van der Waals surface area contributed by atoms with Gasteiger partial charge in [0.05, 0.1) is 0 Å². The Balaban J connectivity index is -0.000000156. The molecule has 5 N–H and O–H groups in total. The standard InChI is InChI=1S/C17H19N.C7H13N.C7H14.C2H6.CH4.2H2O.H2/c1-4-15(16-9-7-13(2)8-10-16)12-17-6-5-11-18-14(17)3;1-3-4-5-7(2)6-8;1-7-5-3-2-4-6-7;1-2;;;;/h5-12H,4H2,1-3H3;5-6,8H,3-4H2,1-2H3;7H,2-6H2,1H3;1-2H3;1H4;2*1H2;1H/b15-12+;7-5-,8-6?;;;;;;. The fourth-order valence-corrected chi connectivity index (χ4v) is 3.73. The lowest BCUT2D eigenvalue weighted by molar-refractivity contribution is 0.385. The van der Waals surface area contributed by atoms with Crippen LogP contribution in [-0.4, -0.2) is 22.2 Å². The maximum atomic E-state index is 6.79. The summed E-state index contributed by atoms with van der Waals surface area (Å²) < 4.78 is 0. The molecule has 38 heavy (non-hydrogen) atoms. The molecule has 0 amide bonds. The van der Waals surface area contributed by atoms with Crippen LogP contribution in [0, 0.1) is 25.2 Å². The lowest BCUT2D eigenvalue weighted by atomic mass is 9.91. The number of pyridine rings is 1. The molecule has 1 aliphatic rings. The van der Waals surface area contributed by atoms with E-state index in [1.165, 1.54) is 67.0 Å². The minimum absolute atomic E-state index is 0. The van der Waals surface area contributed by atoms with Crippen molar-refractivity contribution in [2.45, 2.75) is 114 Å². The molecular weight excluding hydrogens is 468 g/mol. The highest BCUT2D eigenvalue weighted by Gasteiger charge is 2.06. The van der Waals surface area contributed by atoms with Gasteiger partial charge in [0.1, 0.15) is 0 Å². The van der Waals surface area contributed by atoms with Gasteiger partial charge in [-0.2, -0.15) is 0 Å². The molecule has 1 aliphatic carbocycles. The van der Waals surface area contributed by atoms with Crippen molar-refractivity contribution in [2.24, 2.45) is 5.92 Å². The maximum absolute atomic E-state index is 6.79. The van der Waals surface area contributed by atoms with E-state index in [-0.39, 0.29) is 19.8 Å². The number of allylic oxidation sites excluding steroid dienone is 3. The van der Waals surface area contributed by atoms with Crippen LogP contribution in [0.4, 0.5) is 0 Å². The fraction of sp³-hybridized carbons (Fsp3) is 0.529. The van der Waals surface area contributed by atoms with E-state index in [1.807, 2.05) is 40.0 Å². The highest BCUT2D eigenvalue weighted by atomic mass is 16.0. The highest BCUT2D eigenvalue weighted by molar-refractivity contribution is 5.81. The molecule has 0 unspecified atom stereocenters. The first-order valence-corrected chi connectivity index (χ1v) is 13.8. The topological polar surface area (TPSA) is 99.7 Å². The van der Waals surface area contributed by atoms with Gasteiger partial charge in [-0.25, -0.2) is 0 Å². The maximum Gasteiger partial charge on any atom is 0.0444 e. The van der Waals surface area contributed by atoms with E-state index in [9.17, 15) is 0 Å². The number of nitrogens with one attached hydrogen (secondary N) is 1. The number of aromatic nitrogens is 1. The Hall–Kier alpha value is -2.56. The van der Waals surface area contributed by atoms with Crippen LogP contribution in [0.15, 0.2) is 54.2 Å². The number of aryl methyl sites for hydroxylation is 2. The average Bonchev–Trinajstić information content (AvgIpc) is 2.90. The van der Waals surface area contributed by atoms with E-state index in [2.05, 4.69) is 75.2 Å². The average molecular weight is 531 g/mol. The molecule has 0 aliphatic heterocycles. The normalized spacial score (nSPS) is 12.7. The molecule has 4 heteroatoms. The SMILES string of the molecule is C.CC.CC/C(=C\c1cccnc1C)c1ccc(C)cc1.CC1CCCCC1.CCC/C=C(/C)C=N.O.O.[HH]. The first-order valence-electron chi connectivity index (χ1n) is 13.8. The van der Waals surface area contributed by atoms with Crippen molar-refractivity contribution in [3.8, 4) is 0 Å². The van der Waals surface area contributed by atoms with Crippen molar-refractivity contribution in [3.05, 3.63) is 76.6 Å². The highest BCUT2D eigenvalue weighted by Crippen LogP contribution is 2.23. The van der Waals surface area contributed by atoms with Crippen LogP contribution in [0.1, 0.15) is 124 Å². The number of unbranched alkanes of at least 4 members (excludes halogenated alkanes) is 1. The lowest BCUT2D eigenvalue weighted by Gasteiger charge is -2.15. The molecule has 1 aromatic carbocycles.